The second kappa shape index (κ2) is 3.84. The van der Waals surface area contributed by atoms with Crippen LogP contribution in [0.2, 0.25) is 0 Å². The van der Waals surface area contributed by atoms with Crippen LogP contribution >= 0.6 is 0 Å². The largest absolute Gasteiger partial charge is 0.457 e. The van der Waals surface area contributed by atoms with Gasteiger partial charge in [-0.15, -0.1) is 0 Å². The minimum atomic E-state index is -0.538. The first-order valence-corrected chi connectivity index (χ1v) is 4.34. The van der Waals surface area contributed by atoms with Crippen molar-refractivity contribution in [2.45, 2.75) is 33.0 Å². The number of carbonyl (C=O) groups is 1. The van der Waals surface area contributed by atoms with Crippen LogP contribution in [0.3, 0.4) is 0 Å². The summed E-state index contributed by atoms with van der Waals surface area (Å²) in [7, 11) is 0. The molecule has 1 aromatic heterocycles. The predicted molar refractivity (Wildman–Crippen MR) is 49.8 cm³/mol. The van der Waals surface area contributed by atoms with Crippen molar-refractivity contribution >= 4 is 5.97 Å². The van der Waals surface area contributed by atoms with Crippen LogP contribution in [0, 0.1) is 0 Å². The van der Waals surface area contributed by atoms with Crippen molar-refractivity contribution in [3.63, 3.8) is 0 Å². The molecule has 0 unspecified atom stereocenters. The second-order valence-electron chi connectivity index (χ2n) is 3.98. The molecule has 1 N–H and O–H groups in total. The molecular weight excluding hydrogens is 184 g/mol. The van der Waals surface area contributed by atoms with Crippen molar-refractivity contribution in [1.29, 1.82) is 0 Å². The topological polar surface area (TPSA) is 59.7 Å². The van der Waals surface area contributed by atoms with Gasteiger partial charge in [-0.25, -0.2) is 4.79 Å². The Morgan fingerprint density at radius 3 is 2.64 bits per heavy atom. The molecule has 0 aromatic carbocycles. The maximum absolute atomic E-state index is 11.4. The predicted octanol–water partition coefficient (Wildman–Crippen LogP) is 1.73. The smallest absolute Gasteiger partial charge is 0.374 e. The van der Waals surface area contributed by atoms with Gasteiger partial charge in [0.05, 0.1) is 12.9 Å². The molecule has 0 saturated carbocycles. The Bertz CT molecular complexity index is 319. The normalized spacial score (nSPS) is 11.4. The fourth-order valence-electron chi connectivity index (χ4n) is 0.894. The highest BCUT2D eigenvalue weighted by atomic mass is 16.6. The number of rotatable bonds is 2. The van der Waals surface area contributed by atoms with Gasteiger partial charge in [-0.3, -0.25) is 0 Å². The molecule has 1 aromatic rings. The maximum atomic E-state index is 11.4. The number of ether oxygens (including phenoxy) is 1. The third kappa shape index (κ3) is 2.88. The molecular formula is C10H14O4. The van der Waals surface area contributed by atoms with E-state index in [0.29, 0.717) is 5.56 Å². The Kier molecular flexibility index (Phi) is 2.96. The maximum Gasteiger partial charge on any atom is 0.374 e. The molecule has 1 rings (SSSR count). The highest BCUT2D eigenvalue weighted by Crippen LogP contribution is 2.14. The first-order valence-electron chi connectivity index (χ1n) is 4.34. The summed E-state index contributed by atoms with van der Waals surface area (Å²) >= 11 is 0. The van der Waals surface area contributed by atoms with Crippen LogP contribution in [0.25, 0.3) is 0 Å². The fraction of sp³-hybridized carbons (Fsp3) is 0.500. The minimum Gasteiger partial charge on any atom is -0.457 e. The Morgan fingerprint density at radius 2 is 2.21 bits per heavy atom. The van der Waals surface area contributed by atoms with Crippen molar-refractivity contribution in [2.75, 3.05) is 0 Å². The van der Waals surface area contributed by atoms with Crippen LogP contribution < -0.4 is 0 Å². The summed E-state index contributed by atoms with van der Waals surface area (Å²) in [6.45, 7) is 5.19. The van der Waals surface area contributed by atoms with Crippen molar-refractivity contribution in [1.82, 2.24) is 0 Å². The number of furan rings is 1. The summed E-state index contributed by atoms with van der Waals surface area (Å²) in [4.78, 5) is 11.4. The van der Waals surface area contributed by atoms with Crippen LogP contribution in [-0.2, 0) is 11.3 Å². The number of aliphatic hydroxyl groups is 1. The first kappa shape index (κ1) is 10.8. The van der Waals surface area contributed by atoms with Crippen LogP contribution in [0.1, 0.15) is 36.9 Å². The summed E-state index contributed by atoms with van der Waals surface area (Å²) in [5.41, 5.74) is 0.0225. The van der Waals surface area contributed by atoms with Crippen molar-refractivity contribution in [2.24, 2.45) is 0 Å². The molecule has 0 aliphatic carbocycles. The van der Waals surface area contributed by atoms with Crippen LogP contribution in [0.5, 0.6) is 0 Å². The van der Waals surface area contributed by atoms with E-state index in [-0.39, 0.29) is 12.4 Å². The molecule has 0 aliphatic rings. The zero-order chi connectivity index (χ0) is 10.8. The van der Waals surface area contributed by atoms with E-state index in [0.717, 1.165) is 0 Å². The van der Waals surface area contributed by atoms with Gasteiger partial charge in [-0.2, -0.15) is 0 Å². The number of esters is 1. The first-order chi connectivity index (χ1) is 6.42. The molecule has 4 nitrogen and oxygen atoms in total. The Morgan fingerprint density at radius 1 is 1.57 bits per heavy atom. The van der Waals surface area contributed by atoms with E-state index in [1.54, 1.807) is 20.8 Å². The average Bonchev–Trinajstić information content (AvgIpc) is 2.48. The van der Waals surface area contributed by atoms with E-state index in [1.165, 1.54) is 12.3 Å². The van der Waals surface area contributed by atoms with Gasteiger partial charge < -0.3 is 14.3 Å². The lowest BCUT2D eigenvalue weighted by Crippen LogP contribution is -2.23. The Labute approximate surface area is 82.5 Å². The fourth-order valence-corrected chi connectivity index (χ4v) is 0.894. The summed E-state index contributed by atoms with van der Waals surface area (Å²) < 4.78 is 10.00. The number of carbonyl (C=O) groups excluding carboxylic acids is 1. The van der Waals surface area contributed by atoms with Gasteiger partial charge in [0.15, 0.2) is 0 Å². The molecule has 1 heterocycles. The number of aliphatic hydroxyl groups excluding tert-OH is 1. The van der Waals surface area contributed by atoms with Gasteiger partial charge in [0.25, 0.3) is 0 Å². The van der Waals surface area contributed by atoms with Crippen LogP contribution in [-0.4, -0.2) is 16.7 Å². The summed E-state index contributed by atoms with van der Waals surface area (Å²) in [6.07, 6.45) is 1.33. The molecule has 14 heavy (non-hydrogen) atoms. The standard InChI is InChI=1S/C10H14O4/c1-10(2,3)14-9(12)8-4-7(5-11)6-13-8/h4,6,11H,5H2,1-3H3. The minimum absolute atomic E-state index is 0.115. The molecule has 0 bridgehead atoms. The van der Waals surface area contributed by atoms with E-state index < -0.39 is 11.6 Å². The lowest BCUT2D eigenvalue weighted by Gasteiger charge is -2.18. The molecule has 0 fully saturated rings. The van der Waals surface area contributed by atoms with E-state index >= 15 is 0 Å². The molecule has 0 aliphatic heterocycles. The van der Waals surface area contributed by atoms with Gasteiger partial charge >= 0.3 is 5.97 Å². The second-order valence-corrected chi connectivity index (χ2v) is 3.98. The highest BCUT2D eigenvalue weighted by molar-refractivity contribution is 5.86. The summed E-state index contributed by atoms with van der Waals surface area (Å²) in [6, 6.07) is 1.47. The molecule has 78 valence electrons. The number of hydrogen-bond acceptors (Lipinski definition) is 4. The SMILES string of the molecule is CC(C)(C)OC(=O)c1cc(CO)co1. The van der Waals surface area contributed by atoms with Gasteiger partial charge in [0, 0.05) is 5.56 Å². The molecule has 0 saturated heterocycles. The molecule has 0 atom stereocenters. The van der Waals surface area contributed by atoms with E-state index in [4.69, 9.17) is 14.3 Å². The summed E-state index contributed by atoms with van der Waals surface area (Å²) in [5, 5.41) is 8.75. The van der Waals surface area contributed by atoms with Gasteiger partial charge in [0.1, 0.15) is 5.60 Å². The van der Waals surface area contributed by atoms with Gasteiger partial charge in [-0.05, 0) is 26.8 Å². The quantitative estimate of drug-likeness (QED) is 0.735. The zero-order valence-corrected chi connectivity index (χ0v) is 8.53. The third-order valence-electron chi connectivity index (χ3n) is 1.44. The summed E-state index contributed by atoms with van der Waals surface area (Å²) in [5.74, 6) is -0.402. The third-order valence-corrected chi connectivity index (χ3v) is 1.44. The number of hydrogen-bond donors (Lipinski definition) is 1. The molecule has 0 spiro atoms. The monoisotopic (exact) mass is 198 g/mol. The van der Waals surface area contributed by atoms with Crippen molar-refractivity contribution in [3.8, 4) is 0 Å². The van der Waals surface area contributed by atoms with Gasteiger partial charge in [0.2, 0.25) is 5.76 Å². The van der Waals surface area contributed by atoms with Gasteiger partial charge in [-0.1, -0.05) is 0 Å². The van der Waals surface area contributed by atoms with Crippen LogP contribution in [0.4, 0.5) is 0 Å². The Hall–Kier alpha value is -1.29. The molecule has 4 heteroatoms. The van der Waals surface area contributed by atoms with Crippen molar-refractivity contribution in [3.05, 3.63) is 23.7 Å². The Balaban J connectivity index is 2.70. The van der Waals surface area contributed by atoms with Crippen LogP contribution in [0.15, 0.2) is 16.7 Å². The molecule has 0 amide bonds. The lowest BCUT2D eigenvalue weighted by molar-refractivity contribution is 0.00360. The average molecular weight is 198 g/mol. The lowest BCUT2D eigenvalue weighted by atomic mass is 10.2. The van der Waals surface area contributed by atoms with E-state index in [9.17, 15) is 4.79 Å². The highest BCUT2D eigenvalue weighted by Gasteiger charge is 2.20. The van der Waals surface area contributed by atoms with Crippen molar-refractivity contribution < 1.29 is 19.1 Å². The zero-order valence-electron chi connectivity index (χ0n) is 8.53. The molecule has 0 radical (unpaired) electrons. The van der Waals surface area contributed by atoms with E-state index in [2.05, 4.69) is 0 Å². The van der Waals surface area contributed by atoms with E-state index in [1.807, 2.05) is 0 Å².